The van der Waals surface area contributed by atoms with E-state index in [0.717, 1.165) is 17.5 Å². The van der Waals surface area contributed by atoms with E-state index < -0.39 is 0 Å². The lowest BCUT2D eigenvalue weighted by molar-refractivity contribution is 1.34. The highest BCUT2D eigenvalue weighted by atomic mass is 14.9. The molecule has 2 aliphatic rings. The highest BCUT2D eigenvalue weighted by molar-refractivity contribution is 5.88. The summed E-state index contributed by atoms with van der Waals surface area (Å²) in [5.74, 6) is 0. The Kier molecular flexibility index (Phi) is 0.932. The Bertz CT molecular complexity index is 643. The Morgan fingerprint density at radius 3 is 2.71 bits per heavy atom. The first-order chi connectivity index (χ1) is 6.92. The number of H-pyrrole nitrogens is 1. The maximum absolute atomic E-state index is 4.28. The monoisotopic (exact) mass is 180 g/mol. The summed E-state index contributed by atoms with van der Waals surface area (Å²) in [6, 6.07) is 4.40. The minimum Gasteiger partial charge on any atom is -0.345 e. The minimum atomic E-state index is 1.07. The Morgan fingerprint density at radius 2 is 1.86 bits per heavy atom. The molecule has 0 aliphatic heterocycles. The van der Waals surface area contributed by atoms with Crippen molar-refractivity contribution in [3.63, 3.8) is 0 Å². The van der Waals surface area contributed by atoms with Crippen molar-refractivity contribution >= 4 is 22.2 Å². The molecule has 1 aromatic carbocycles. The summed E-state index contributed by atoms with van der Waals surface area (Å²) in [4.78, 5) is 7.43. The molecule has 2 nitrogen and oxygen atoms in total. The number of rotatable bonds is 0. The second kappa shape index (κ2) is 1.98. The van der Waals surface area contributed by atoms with Gasteiger partial charge in [0, 0.05) is 0 Å². The maximum atomic E-state index is 4.28. The van der Waals surface area contributed by atoms with Crippen molar-refractivity contribution in [2.24, 2.45) is 0 Å². The number of allylic oxidation sites excluding steroid dienone is 2. The second-order valence-corrected chi connectivity index (χ2v) is 3.88. The van der Waals surface area contributed by atoms with Gasteiger partial charge >= 0.3 is 0 Å². The van der Waals surface area contributed by atoms with Gasteiger partial charge in [-0.2, -0.15) is 0 Å². The summed E-state index contributed by atoms with van der Waals surface area (Å²) in [7, 11) is 0. The molecule has 2 aromatic rings. The molecule has 1 heterocycles. The molecule has 66 valence electrons. The second-order valence-electron chi connectivity index (χ2n) is 3.88. The van der Waals surface area contributed by atoms with Crippen LogP contribution in [0.15, 0.2) is 30.6 Å². The van der Waals surface area contributed by atoms with Gasteiger partial charge in [-0.15, -0.1) is 0 Å². The van der Waals surface area contributed by atoms with E-state index in [1.807, 2.05) is 0 Å². The average Bonchev–Trinajstić information content (AvgIpc) is 2.90. The first-order valence-corrected chi connectivity index (χ1v) is 4.79. The van der Waals surface area contributed by atoms with Gasteiger partial charge in [0.05, 0.1) is 17.4 Å². The largest absolute Gasteiger partial charge is 0.345 e. The van der Waals surface area contributed by atoms with E-state index >= 15 is 0 Å². The lowest BCUT2D eigenvalue weighted by Crippen LogP contribution is -2.24. The van der Waals surface area contributed by atoms with Gasteiger partial charge in [0.15, 0.2) is 0 Å². The van der Waals surface area contributed by atoms with E-state index in [2.05, 4.69) is 34.3 Å². The van der Waals surface area contributed by atoms with Gasteiger partial charge in [-0.25, -0.2) is 4.98 Å². The van der Waals surface area contributed by atoms with E-state index in [4.69, 9.17) is 0 Å². The molecular weight excluding hydrogens is 172 g/mol. The Morgan fingerprint density at radius 1 is 1.07 bits per heavy atom. The molecular formula is C12H8N2. The molecule has 2 aliphatic carbocycles. The van der Waals surface area contributed by atoms with Crippen molar-refractivity contribution in [1.82, 2.24) is 9.97 Å². The number of aromatic nitrogens is 2. The van der Waals surface area contributed by atoms with Crippen LogP contribution in [0.5, 0.6) is 0 Å². The molecule has 0 saturated heterocycles. The molecule has 0 saturated carbocycles. The van der Waals surface area contributed by atoms with Crippen molar-refractivity contribution in [2.75, 3.05) is 0 Å². The van der Waals surface area contributed by atoms with Crippen molar-refractivity contribution < 1.29 is 0 Å². The number of benzene rings is 1. The van der Waals surface area contributed by atoms with Crippen molar-refractivity contribution in [1.29, 1.82) is 0 Å². The van der Waals surface area contributed by atoms with Crippen molar-refractivity contribution in [2.45, 2.75) is 6.42 Å². The molecule has 1 N–H and O–H groups in total. The van der Waals surface area contributed by atoms with Gasteiger partial charge in [0.1, 0.15) is 0 Å². The van der Waals surface area contributed by atoms with Crippen molar-refractivity contribution in [3.8, 4) is 0 Å². The Hall–Kier alpha value is -1.83. The predicted octanol–water partition coefficient (Wildman–Crippen LogP) is 0.838. The zero-order valence-corrected chi connectivity index (χ0v) is 7.54. The molecule has 2 heteroatoms. The summed E-state index contributed by atoms with van der Waals surface area (Å²) in [5, 5.41) is 2.77. The van der Waals surface area contributed by atoms with Gasteiger partial charge in [0.2, 0.25) is 0 Å². The summed E-state index contributed by atoms with van der Waals surface area (Å²) in [6.45, 7) is 0. The van der Waals surface area contributed by atoms with Gasteiger partial charge < -0.3 is 4.98 Å². The fraction of sp³-hybridized carbons (Fsp3) is 0.0833. The molecule has 14 heavy (non-hydrogen) atoms. The van der Waals surface area contributed by atoms with E-state index in [1.54, 1.807) is 6.33 Å². The number of imidazole rings is 1. The molecule has 4 rings (SSSR count). The molecule has 0 fully saturated rings. The molecule has 1 aromatic heterocycles. The number of hydrogen-bond donors (Lipinski definition) is 1. The number of nitrogens with one attached hydrogen (secondary N) is 1. The molecule has 0 atom stereocenters. The lowest BCUT2D eigenvalue weighted by atomic mass is 10.1. The van der Waals surface area contributed by atoms with Gasteiger partial charge in [-0.1, -0.05) is 12.2 Å². The van der Waals surface area contributed by atoms with Crippen LogP contribution >= 0.6 is 0 Å². The quantitative estimate of drug-likeness (QED) is 0.639. The normalized spacial score (nSPS) is 17.1. The number of nitrogens with zero attached hydrogens (tertiary/aromatic N) is 1. The fourth-order valence-corrected chi connectivity index (χ4v) is 2.41. The van der Waals surface area contributed by atoms with Crippen LogP contribution in [0.4, 0.5) is 0 Å². The van der Waals surface area contributed by atoms with Crippen LogP contribution in [-0.4, -0.2) is 9.97 Å². The number of hydrogen-bond acceptors (Lipinski definition) is 1. The molecule has 0 radical (unpaired) electrons. The minimum absolute atomic E-state index is 1.07. The van der Waals surface area contributed by atoms with E-state index in [-0.39, 0.29) is 0 Å². The lowest BCUT2D eigenvalue weighted by Gasteiger charge is -1.93. The molecule has 0 unspecified atom stereocenters. The topological polar surface area (TPSA) is 28.7 Å². The summed E-state index contributed by atoms with van der Waals surface area (Å²) in [5.41, 5.74) is 5.10. The average molecular weight is 180 g/mol. The maximum Gasteiger partial charge on any atom is 0.0931 e. The zero-order valence-electron chi connectivity index (χ0n) is 7.54. The van der Waals surface area contributed by atoms with Crippen LogP contribution in [0.25, 0.3) is 22.2 Å². The SMILES string of the molecule is C1=CC2=c3cc4[nH]cnc4cc3=C1C2. The molecule has 0 spiro atoms. The molecule has 2 bridgehead atoms. The summed E-state index contributed by atoms with van der Waals surface area (Å²) < 4.78 is 0. The Labute approximate surface area is 80.3 Å². The van der Waals surface area contributed by atoms with E-state index in [1.165, 1.54) is 21.6 Å². The predicted molar refractivity (Wildman–Crippen MR) is 55.9 cm³/mol. The van der Waals surface area contributed by atoms with Crippen molar-refractivity contribution in [3.05, 3.63) is 41.0 Å². The van der Waals surface area contributed by atoms with Crippen LogP contribution in [0.3, 0.4) is 0 Å². The number of fused-ring (bicyclic) bond motifs is 4. The standard InChI is InChI=1S/C12H8N2/c1-2-8-3-7(1)9-4-11-12(5-10(8)9)14-6-13-11/h1-2,4-6H,3H2,(H,13,14). The van der Waals surface area contributed by atoms with Crippen LogP contribution in [-0.2, 0) is 0 Å². The van der Waals surface area contributed by atoms with Gasteiger partial charge in [-0.3, -0.25) is 0 Å². The Balaban J connectivity index is 2.39. The third kappa shape index (κ3) is 0.619. The zero-order chi connectivity index (χ0) is 9.12. The highest BCUT2D eigenvalue weighted by Crippen LogP contribution is 2.25. The summed E-state index contributed by atoms with van der Waals surface area (Å²) >= 11 is 0. The first-order valence-electron chi connectivity index (χ1n) is 4.79. The van der Waals surface area contributed by atoms with Crippen LogP contribution in [0, 0.1) is 0 Å². The third-order valence-corrected chi connectivity index (χ3v) is 3.12. The first kappa shape index (κ1) is 6.60. The molecule has 0 amide bonds. The van der Waals surface area contributed by atoms with Crippen LogP contribution < -0.4 is 10.4 Å². The smallest absolute Gasteiger partial charge is 0.0931 e. The van der Waals surface area contributed by atoms with Crippen LogP contribution in [0.1, 0.15) is 6.42 Å². The van der Waals surface area contributed by atoms with Crippen LogP contribution in [0.2, 0.25) is 0 Å². The number of aromatic amines is 1. The third-order valence-electron chi connectivity index (χ3n) is 3.12. The van der Waals surface area contributed by atoms with Gasteiger partial charge in [0.25, 0.3) is 0 Å². The fourth-order valence-electron chi connectivity index (χ4n) is 2.41. The van der Waals surface area contributed by atoms with E-state index in [9.17, 15) is 0 Å². The van der Waals surface area contributed by atoms with E-state index in [0.29, 0.717) is 0 Å². The van der Waals surface area contributed by atoms with Gasteiger partial charge in [-0.05, 0) is 40.1 Å². The highest BCUT2D eigenvalue weighted by Gasteiger charge is 2.15. The summed E-state index contributed by atoms with van der Waals surface area (Å²) in [6.07, 6.45) is 7.31.